The molecule has 1 amide bonds. The Morgan fingerprint density at radius 2 is 1.94 bits per heavy atom. The number of nitrogens with one attached hydrogen (secondary N) is 1. The average molecular weight is 439 g/mol. The Labute approximate surface area is 193 Å². The largest absolute Gasteiger partial charge is 0.497 e. The first kappa shape index (κ1) is 22.1. The number of carbonyl (C=O) groups excluding carboxylic acids is 1. The van der Waals surface area contributed by atoms with Crippen LogP contribution in [-0.4, -0.2) is 34.4 Å². The molecule has 0 bridgehead atoms. The molecule has 1 N–H and O–H groups in total. The molecule has 33 heavy (non-hydrogen) atoms. The van der Waals surface area contributed by atoms with Crippen LogP contribution < -0.4 is 4.74 Å². The van der Waals surface area contributed by atoms with Gasteiger partial charge in [0.15, 0.2) is 0 Å². The van der Waals surface area contributed by atoms with Crippen LogP contribution in [0, 0.1) is 11.3 Å². The van der Waals surface area contributed by atoms with Crippen LogP contribution in [-0.2, 0) is 17.8 Å². The SMILES string of the molecule is COc1ccc(-c2[nH]c3ccccc3c2CCC(=O)N(CCC#N)Cc2cccnc2)cc1. The number of rotatable bonds is 9. The first-order valence-corrected chi connectivity index (χ1v) is 11.0. The fraction of sp³-hybridized carbons (Fsp3) is 0.222. The number of aromatic nitrogens is 2. The molecule has 0 aliphatic heterocycles. The summed E-state index contributed by atoms with van der Waals surface area (Å²) in [6.45, 7) is 0.858. The van der Waals surface area contributed by atoms with Crippen molar-refractivity contribution in [1.29, 1.82) is 5.26 Å². The zero-order chi connectivity index (χ0) is 23.0. The number of benzene rings is 2. The molecule has 0 radical (unpaired) electrons. The molecule has 4 rings (SSSR count). The number of nitriles is 1. The molecule has 0 fully saturated rings. The Morgan fingerprint density at radius 1 is 1.12 bits per heavy atom. The maximum absolute atomic E-state index is 13.2. The number of methoxy groups -OCH3 is 1. The van der Waals surface area contributed by atoms with Crippen molar-refractivity contribution in [2.45, 2.75) is 25.8 Å². The number of aromatic amines is 1. The molecular formula is C27H26N4O2. The predicted octanol–water partition coefficient (Wildman–Crippen LogP) is 5.11. The van der Waals surface area contributed by atoms with Crippen molar-refractivity contribution < 1.29 is 9.53 Å². The highest BCUT2D eigenvalue weighted by atomic mass is 16.5. The van der Waals surface area contributed by atoms with Gasteiger partial charge in [-0.3, -0.25) is 9.78 Å². The van der Waals surface area contributed by atoms with Crippen molar-refractivity contribution in [3.63, 3.8) is 0 Å². The number of amides is 1. The normalized spacial score (nSPS) is 10.7. The average Bonchev–Trinajstić information content (AvgIpc) is 3.24. The quantitative estimate of drug-likeness (QED) is 0.393. The Hall–Kier alpha value is -4.11. The summed E-state index contributed by atoms with van der Waals surface area (Å²) >= 11 is 0. The van der Waals surface area contributed by atoms with E-state index < -0.39 is 0 Å². The first-order chi connectivity index (χ1) is 16.2. The van der Waals surface area contributed by atoms with Crippen molar-refractivity contribution in [2.75, 3.05) is 13.7 Å². The van der Waals surface area contributed by atoms with Gasteiger partial charge in [-0.05, 0) is 59.5 Å². The summed E-state index contributed by atoms with van der Waals surface area (Å²) in [4.78, 5) is 22.6. The highest BCUT2D eigenvalue weighted by molar-refractivity contribution is 5.91. The van der Waals surface area contributed by atoms with E-state index in [1.54, 1.807) is 24.4 Å². The fourth-order valence-corrected chi connectivity index (χ4v) is 4.04. The van der Waals surface area contributed by atoms with Crippen LogP contribution in [0.25, 0.3) is 22.2 Å². The van der Waals surface area contributed by atoms with Gasteiger partial charge in [-0.15, -0.1) is 0 Å². The van der Waals surface area contributed by atoms with Gasteiger partial charge in [0, 0.05) is 48.5 Å². The van der Waals surface area contributed by atoms with E-state index >= 15 is 0 Å². The van der Waals surface area contributed by atoms with E-state index in [2.05, 4.69) is 28.2 Å². The van der Waals surface area contributed by atoms with Crippen molar-refractivity contribution >= 4 is 16.8 Å². The second kappa shape index (κ2) is 10.5. The summed E-state index contributed by atoms with van der Waals surface area (Å²) in [5.74, 6) is 0.829. The number of carbonyl (C=O) groups is 1. The fourth-order valence-electron chi connectivity index (χ4n) is 4.04. The molecule has 2 aromatic heterocycles. The van der Waals surface area contributed by atoms with Gasteiger partial charge < -0.3 is 14.6 Å². The number of H-pyrrole nitrogens is 1. The number of aryl methyl sites for hydroxylation is 1. The van der Waals surface area contributed by atoms with Crippen LogP contribution in [0.1, 0.15) is 24.0 Å². The molecule has 2 aromatic carbocycles. The summed E-state index contributed by atoms with van der Waals surface area (Å²) in [6.07, 6.45) is 4.73. The zero-order valence-electron chi connectivity index (χ0n) is 18.6. The number of hydrogen-bond donors (Lipinski definition) is 1. The molecule has 0 aliphatic carbocycles. The van der Waals surface area contributed by atoms with Gasteiger partial charge in [-0.1, -0.05) is 24.3 Å². The number of ether oxygens (including phenoxy) is 1. The van der Waals surface area contributed by atoms with E-state index in [4.69, 9.17) is 10.00 Å². The highest BCUT2D eigenvalue weighted by Crippen LogP contribution is 2.32. The molecule has 6 nitrogen and oxygen atoms in total. The Kier molecular flexibility index (Phi) is 7.01. The number of fused-ring (bicyclic) bond motifs is 1. The Morgan fingerprint density at radius 3 is 2.67 bits per heavy atom. The van der Waals surface area contributed by atoms with Crippen LogP contribution in [0.5, 0.6) is 5.75 Å². The molecule has 0 spiro atoms. The lowest BCUT2D eigenvalue weighted by Gasteiger charge is -2.22. The van der Waals surface area contributed by atoms with E-state index in [1.165, 1.54) is 0 Å². The molecule has 0 saturated heterocycles. The van der Waals surface area contributed by atoms with Gasteiger partial charge in [0.05, 0.1) is 19.6 Å². The lowest BCUT2D eigenvalue weighted by Crippen LogP contribution is -2.31. The predicted molar refractivity (Wildman–Crippen MR) is 128 cm³/mol. The molecule has 6 heteroatoms. The molecule has 2 heterocycles. The molecule has 0 atom stereocenters. The summed E-state index contributed by atoms with van der Waals surface area (Å²) in [7, 11) is 1.65. The lowest BCUT2D eigenvalue weighted by molar-refractivity contribution is -0.131. The molecule has 4 aromatic rings. The molecule has 0 aliphatic rings. The summed E-state index contributed by atoms with van der Waals surface area (Å²) < 4.78 is 5.29. The van der Waals surface area contributed by atoms with Crippen molar-refractivity contribution in [1.82, 2.24) is 14.9 Å². The van der Waals surface area contributed by atoms with Crippen molar-refractivity contribution in [3.05, 3.63) is 84.2 Å². The number of para-hydroxylation sites is 1. The van der Waals surface area contributed by atoms with Crippen LogP contribution in [0.3, 0.4) is 0 Å². The second-order valence-corrected chi connectivity index (χ2v) is 7.84. The Balaban J connectivity index is 1.58. The van der Waals surface area contributed by atoms with Gasteiger partial charge >= 0.3 is 0 Å². The standard InChI is InChI=1S/C27H26N4O2/c1-33-22-11-9-21(10-12-22)27-24(23-7-2-3-8-25(23)30-27)13-14-26(32)31(17-5-15-28)19-20-6-4-16-29-18-20/h2-4,6-12,16,18,30H,5,13-14,17,19H2,1H3. The van der Waals surface area contributed by atoms with Crippen LogP contribution >= 0.6 is 0 Å². The second-order valence-electron chi connectivity index (χ2n) is 7.84. The van der Waals surface area contributed by atoms with E-state index in [0.717, 1.165) is 39.0 Å². The van der Waals surface area contributed by atoms with E-state index in [-0.39, 0.29) is 5.91 Å². The topological polar surface area (TPSA) is 82.0 Å². The maximum atomic E-state index is 13.2. The van der Waals surface area contributed by atoms with Gasteiger partial charge in [0.1, 0.15) is 5.75 Å². The molecule has 0 unspecified atom stereocenters. The van der Waals surface area contributed by atoms with Crippen LogP contribution in [0.2, 0.25) is 0 Å². The highest BCUT2D eigenvalue weighted by Gasteiger charge is 2.18. The third-order valence-corrected chi connectivity index (χ3v) is 5.72. The van der Waals surface area contributed by atoms with Gasteiger partial charge in [-0.2, -0.15) is 5.26 Å². The molecule has 0 saturated carbocycles. The van der Waals surface area contributed by atoms with E-state index in [9.17, 15) is 4.79 Å². The minimum atomic E-state index is 0.0278. The van der Waals surface area contributed by atoms with Crippen molar-refractivity contribution in [2.24, 2.45) is 0 Å². The van der Waals surface area contributed by atoms with E-state index in [1.807, 2.05) is 48.5 Å². The Bertz CT molecular complexity index is 1260. The monoisotopic (exact) mass is 438 g/mol. The third-order valence-electron chi connectivity index (χ3n) is 5.72. The first-order valence-electron chi connectivity index (χ1n) is 11.0. The summed E-state index contributed by atoms with van der Waals surface area (Å²) in [6, 6.07) is 22.0. The minimum Gasteiger partial charge on any atom is -0.497 e. The van der Waals surface area contributed by atoms with Gasteiger partial charge in [0.25, 0.3) is 0 Å². The number of nitrogens with zero attached hydrogens (tertiary/aromatic N) is 3. The zero-order valence-corrected chi connectivity index (χ0v) is 18.6. The smallest absolute Gasteiger partial charge is 0.223 e. The number of pyridine rings is 1. The van der Waals surface area contributed by atoms with Crippen LogP contribution in [0.4, 0.5) is 0 Å². The number of hydrogen-bond acceptors (Lipinski definition) is 4. The summed E-state index contributed by atoms with van der Waals surface area (Å²) in [5, 5.41) is 10.2. The minimum absolute atomic E-state index is 0.0278. The molecule has 166 valence electrons. The van der Waals surface area contributed by atoms with Crippen LogP contribution in [0.15, 0.2) is 73.1 Å². The van der Waals surface area contributed by atoms with Crippen molar-refractivity contribution in [3.8, 4) is 23.1 Å². The summed E-state index contributed by atoms with van der Waals surface area (Å²) in [5.41, 5.74) is 5.18. The lowest BCUT2D eigenvalue weighted by atomic mass is 10.0. The van der Waals surface area contributed by atoms with E-state index in [0.29, 0.717) is 32.4 Å². The third kappa shape index (κ3) is 5.21. The molecular weight excluding hydrogens is 412 g/mol. The van der Waals surface area contributed by atoms with Gasteiger partial charge in [-0.25, -0.2) is 0 Å². The van der Waals surface area contributed by atoms with Gasteiger partial charge in [0.2, 0.25) is 5.91 Å². The maximum Gasteiger partial charge on any atom is 0.223 e.